The third kappa shape index (κ3) is 5.65. The van der Waals surface area contributed by atoms with Crippen molar-refractivity contribution >= 4 is 22.6 Å². The van der Waals surface area contributed by atoms with Crippen LogP contribution in [0.15, 0.2) is 29.3 Å². The molecule has 1 amide bonds. The van der Waals surface area contributed by atoms with Crippen molar-refractivity contribution in [1.29, 1.82) is 0 Å². The SMILES string of the molecule is CC(=O)Nc1cc2c(-c3cc(OCC(C)(F)F)c(=O)n([C@@H](C)C(F)(F)F)n3)cn(CC3CC3)c2cn1. The van der Waals surface area contributed by atoms with Gasteiger partial charge in [0.05, 0.1) is 17.4 Å². The number of pyridine rings is 1. The van der Waals surface area contributed by atoms with Crippen LogP contribution in [0.25, 0.3) is 22.2 Å². The van der Waals surface area contributed by atoms with Gasteiger partial charge in [-0.15, -0.1) is 0 Å². The number of carbonyl (C=O) groups excluding carboxylic acids is 1. The Kier molecular flexibility index (Phi) is 6.52. The monoisotopic (exact) mass is 513 g/mol. The maximum atomic E-state index is 13.5. The normalized spacial score (nSPS) is 15.2. The molecule has 0 unspecified atom stereocenters. The fourth-order valence-corrected chi connectivity index (χ4v) is 3.70. The Labute approximate surface area is 202 Å². The van der Waals surface area contributed by atoms with Crippen molar-refractivity contribution in [1.82, 2.24) is 19.3 Å². The number of carbonyl (C=O) groups is 1. The Balaban J connectivity index is 1.91. The van der Waals surface area contributed by atoms with Gasteiger partial charge in [-0.05, 0) is 31.7 Å². The zero-order valence-electron chi connectivity index (χ0n) is 19.7. The number of alkyl halides is 5. The Morgan fingerprint density at radius 2 is 1.94 bits per heavy atom. The van der Waals surface area contributed by atoms with Gasteiger partial charge >= 0.3 is 11.7 Å². The molecule has 0 bridgehead atoms. The summed E-state index contributed by atoms with van der Waals surface area (Å²) in [5, 5.41) is 7.01. The number of halogens is 5. The van der Waals surface area contributed by atoms with Crippen LogP contribution in [0.4, 0.5) is 27.8 Å². The molecule has 3 heterocycles. The van der Waals surface area contributed by atoms with E-state index in [1.165, 1.54) is 13.1 Å². The molecule has 1 aliphatic carbocycles. The van der Waals surface area contributed by atoms with Gasteiger partial charge in [0.15, 0.2) is 12.4 Å². The first kappa shape index (κ1) is 25.6. The van der Waals surface area contributed by atoms with Crippen LogP contribution in [0.2, 0.25) is 0 Å². The van der Waals surface area contributed by atoms with E-state index >= 15 is 0 Å². The van der Waals surface area contributed by atoms with E-state index in [-0.39, 0.29) is 22.1 Å². The average Bonchev–Trinajstić information content (AvgIpc) is 3.51. The minimum atomic E-state index is -4.83. The van der Waals surface area contributed by atoms with Gasteiger partial charge in [0.25, 0.3) is 5.92 Å². The lowest BCUT2D eigenvalue weighted by Gasteiger charge is -2.19. The van der Waals surface area contributed by atoms with Gasteiger partial charge in [-0.1, -0.05) is 0 Å². The molecule has 8 nitrogen and oxygen atoms in total. The largest absolute Gasteiger partial charge is 0.481 e. The minimum absolute atomic E-state index is 0.0837. The summed E-state index contributed by atoms with van der Waals surface area (Å²) in [6.45, 7) is 2.03. The fourth-order valence-electron chi connectivity index (χ4n) is 3.70. The highest BCUT2D eigenvalue weighted by Gasteiger charge is 2.40. The second-order valence-corrected chi connectivity index (χ2v) is 9.13. The summed E-state index contributed by atoms with van der Waals surface area (Å²) in [7, 11) is 0. The molecule has 0 saturated heterocycles. The lowest BCUT2D eigenvalue weighted by Crippen LogP contribution is -2.35. The summed E-state index contributed by atoms with van der Waals surface area (Å²) in [5.74, 6) is -3.74. The Hall–Kier alpha value is -3.51. The van der Waals surface area contributed by atoms with E-state index in [9.17, 15) is 31.5 Å². The van der Waals surface area contributed by atoms with Crippen LogP contribution in [-0.2, 0) is 11.3 Å². The molecule has 1 fully saturated rings. The molecule has 13 heteroatoms. The van der Waals surface area contributed by atoms with Crippen molar-refractivity contribution in [2.24, 2.45) is 5.92 Å². The van der Waals surface area contributed by atoms with Gasteiger partial charge in [0.1, 0.15) is 11.9 Å². The molecule has 1 saturated carbocycles. The lowest BCUT2D eigenvalue weighted by atomic mass is 10.1. The van der Waals surface area contributed by atoms with E-state index in [1.54, 1.807) is 12.3 Å². The van der Waals surface area contributed by atoms with E-state index in [2.05, 4.69) is 15.4 Å². The first-order valence-corrected chi connectivity index (χ1v) is 11.2. The highest BCUT2D eigenvalue weighted by Crippen LogP contribution is 2.37. The number of amides is 1. The molecule has 1 atom stereocenters. The zero-order chi connectivity index (χ0) is 26.4. The Morgan fingerprint density at radius 1 is 1.25 bits per heavy atom. The fraction of sp³-hybridized carbons (Fsp3) is 0.478. The molecule has 194 valence electrons. The number of fused-ring (bicyclic) bond motifs is 1. The smallest absolute Gasteiger partial charge is 0.410 e. The summed E-state index contributed by atoms with van der Waals surface area (Å²) in [6.07, 6.45) is 0.416. The van der Waals surface area contributed by atoms with Crippen LogP contribution in [0.3, 0.4) is 0 Å². The number of hydrogen-bond donors (Lipinski definition) is 1. The van der Waals surface area contributed by atoms with E-state index in [0.29, 0.717) is 35.9 Å². The van der Waals surface area contributed by atoms with Gasteiger partial charge in [-0.3, -0.25) is 9.59 Å². The average molecular weight is 513 g/mol. The first-order valence-electron chi connectivity index (χ1n) is 11.2. The zero-order valence-corrected chi connectivity index (χ0v) is 19.7. The molecular formula is C23H24F5N5O3. The van der Waals surface area contributed by atoms with Crippen LogP contribution in [0, 0.1) is 5.92 Å². The molecule has 3 aromatic heterocycles. The first-order chi connectivity index (χ1) is 16.7. The van der Waals surface area contributed by atoms with Crippen molar-refractivity contribution in [2.45, 2.75) is 58.3 Å². The van der Waals surface area contributed by atoms with Gasteiger partial charge in [0.2, 0.25) is 5.91 Å². The van der Waals surface area contributed by atoms with Crippen molar-refractivity contribution in [3.63, 3.8) is 0 Å². The number of ether oxygens (including phenoxy) is 1. The van der Waals surface area contributed by atoms with Gasteiger partial charge in [-0.25, -0.2) is 18.4 Å². The molecule has 3 aromatic rings. The van der Waals surface area contributed by atoms with Crippen LogP contribution in [0.5, 0.6) is 5.75 Å². The third-order valence-corrected chi connectivity index (χ3v) is 5.72. The van der Waals surface area contributed by atoms with E-state index in [0.717, 1.165) is 25.8 Å². The van der Waals surface area contributed by atoms with Crippen molar-refractivity contribution < 1.29 is 31.5 Å². The second kappa shape index (κ2) is 9.17. The van der Waals surface area contributed by atoms with Crippen LogP contribution in [0.1, 0.15) is 39.7 Å². The number of aromatic nitrogens is 4. The number of nitrogens with zero attached hydrogens (tertiary/aromatic N) is 4. The van der Waals surface area contributed by atoms with Crippen molar-refractivity contribution in [3.8, 4) is 17.0 Å². The van der Waals surface area contributed by atoms with Crippen molar-refractivity contribution in [3.05, 3.63) is 34.9 Å². The quantitative estimate of drug-likeness (QED) is 0.438. The molecular weight excluding hydrogens is 489 g/mol. The molecule has 0 radical (unpaired) electrons. The van der Waals surface area contributed by atoms with Gasteiger partial charge in [-0.2, -0.15) is 18.3 Å². The summed E-state index contributed by atoms with van der Waals surface area (Å²) in [6, 6.07) is 0.258. The summed E-state index contributed by atoms with van der Waals surface area (Å²) >= 11 is 0. The summed E-state index contributed by atoms with van der Waals surface area (Å²) in [5.41, 5.74) is -0.400. The van der Waals surface area contributed by atoms with Gasteiger partial charge < -0.3 is 14.6 Å². The Morgan fingerprint density at radius 3 is 2.53 bits per heavy atom. The topological polar surface area (TPSA) is 91.0 Å². The predicted octanol–water partition coefficient (Wildman–Crippen LogP) is 4.79. The number of rotatable bonds is 8. The molecule has 0 aromatic carbocycles. The van der Waals surface area contributed by atoms with Gasteiger partial charge in [0, 0.05) is 43.6 Å². The van der Waals surface area contributed by atoms with E-state index in [4.69, 9.17) is 4.74 Å². The number of anilines is 1. The molecule has 36 heavy (non-hydrogen) atoms. The minimum Gasteiger partial charge on any atom is -0.481 e. The van der Waals surface area contributed by atoms with Crippen LogP contribution < -0.4 is 15.6 Å². The summed E-state index contributed by atoms with van der Waals surface area (Å²) in [4.78, 5) is 28.5. The maximum Gasteiger partial charge on any atom is 0.410 e. The molecule has 1 N–H and O–H groups in total. The number of nitrogens with one attached hydrogen (secondary N) is 1. The van der Waals surface area contributed by atoms with Crippen LogP contribution >= 0.6 is 0 Å². The van der Waals surface area contributed by atoms with Crippen molar-refractivity contribution in [2.75, 3.05) is 11.9 Å². The molecule has 0 spiro atoms. The van der Waals surface area contributed by atoms with Crippen LogP contribution in [-0.4, -0.2) is 43.9 Å². The second-order valence-electron chi connectivity index (χ2n) is 9.13. The van der Waals surface area contributed by atoms with E-state index < -0.39 is 36.1 Å². The standard InChI is InChI=1S/C23H24F5N5O3/c1-12(23(26,27)28)33-21(35)19(36-11-22(3,24)25)7-17(31-33)16-10-32(9-14-4-5-14)18-8-29-20(6-15(16)18)30-13(2)34/h6-8,10,12,14H,4-5,9,11H2,1-3H3,(H,29,30,34)/t12-/m0/s1. The highest BCUT2D eigenvalue weighted by atomic mass is 19.4. The molecule has 1 aliphatic rings. The highest BCUT2D eigenvalue weighted by molar-refractivity contribution is 5.98. The lowest BCUT2D eigenvalue weighted by molar-refractivity contribution is -0.166. The predicted molar refractivity (Wildman–Crippen MR) is 121 cm³/mol. The summed E-state index contributed by atoms with van der Waals surface area (Å²) < 4.78 is 74.5. The molecule has 4 rings (SSSR count). The number of hydrogen-bond acceptors (Lipinski definition) is 5. The Bertz CT molecular complexity index is 1360. The van der Waals surface area contributed by atoms with E-state index in [1.807, 2.05) is 4.57 Å². The maximum absolute atomic E-state index is 13.5. The third-order valence-electron chi connectivity index (χ3n) is 5.72. The molecule has 0 aliphatic heterocycles.